The highest BCUT2D eigenvalue weighted by Crippen LogP contribution is 2.07. The quantitative estimate of drug-likeness (QED) is 0.791. The average Bonchev–Trinajstić information content (AvgIpc) is 2.30. The third kappa shape index (κ3) is 4.68. The molecule has 0 radical (unpaired) electrons. The second-order valence-electron chi connectivity index (χ2n) is 3.83. The molecule has 4 heteroatoms. The van der Waals surface area contributed by atoms with Crippen LogP contribution < -0.4 is 10.6 Å². The summed E-state index contributed by atoms with van der Waals surface area (Å²) in [5, 5.41) is 5.21. The van der Waals surface area contributed by atoms with Gasteiger partial charge in [0, 0.05) is 6.54 Å². The number of benzene rings is 1. The fraction of sp³-hybridized carbons (Fsp3) is 0.385. The third-order valence-corrected chi connectivity index (χ3v) is 2.43. The molecule has 4 nitrogen and oxygen atoms in total. The van der Waals surface area contributed by atoms with Crippen LogP contribution in [0.25, 0.3) is 0 Å². The summed E-state index contributed by atoms with van der Waals surface area (Å²) in [4.78, 5) is 22.7. The summed E-state index contributed by atoms with van der Waals surface area (Å²) in [6, 6.07) is 7.72. The van der Waals surface area contributed by atoms with Gasteiger partial charge in [0.25, 0.3) is 0 Å². The minimum Gasteiger partial charge on any atom is -0.355 e. The van der Waals surface area contributed by atoms with E-state index >= 15 is 0 Å². The Morgan fingerprint density at radius 2 is 1.82 bits per heavy atom. The number of likely N-dealkylation sites (N-methyl/N-ethyl adjacent to an activating group) is 1. The Morgan fingerprint density at radius 3 is 2.47 bits per heavy atom. The first-order valence-electron chi connectivity index (χ1n) is 5.71. The SMILES string of the molecule is CCNC(=O)CNC(=O)Cc1ccccc1C. The van der Waals surface area contributed by atoms with Gasteiger partial charge < -0.3 is 10.6 Å². The van der Waals surface area contributed by atoms with Crippen molar-refractivity contribution in [2.45, 2.75) is 20.3 Å². The zero-order valence-corrected chi connectivity index (χ0v) is 10.2. The van der Waals surface area contributed by atoms with Gasteiger partial charge in [0.1, 0.15) is 0 Å². The number of hydrogen-bond acceptors (Lipinski definition) is 2. The normalized spacial score (nSPS) is 9.76. The highest BCUT2D eigenvalue weighted by Gasteiger charge is 2.06. The second kappa shape index (κ2) is 6.68. The summed E-state index contributed by atoms with van der Waals surface area (Å²) in [5.74, 6) is -0.295. The lowest BCUT2D eigenvalue weighted by molar-refractivity contribution is -0.125. The van der Waals surface area contributed by atoms with Gasteiger partial charge in [0.2, 0.25) is 11.8 Å². The molecule has 0 saturated carbocycles. The summed E-state index contributed by atoms with van der Waals surface area (Å²) < 4.78 is 0. The second-order valence-corrected chi connectivity index (χ2v) is 3.83. The number of carbonyl (C=O) groups is 2. The van der Waals surface area contributed by atoms with Crippen molar-refractivity contribution in [3.05, 3.63) is 35.4 Å². The van der Waals surface area contributed by atoms with E-state index in [0.29, 0.717) is 13.0 Å². The molecule has 0 spiro atoms. The van der Waals surface area contributed by atoms with E-state index in [1.165, 1.54) is 0 Å². The van der Waals surface area contributed by atoms with Crippen LogP contribution in [-0.4, -0.2) is 24.9 Å². The molecule has 2 amide bonds. The highest BCUT2D eigenvalue weighted by atomic mass is 16.2. The topological polar surface area (TPSA) is 58.2 Å². The van der Waals surface area contributed by atoms with Crippen LogP contribution in [0.5, 0.6) is 0 Å². The van der Waals surface area contributed by atoms with E-state index in [1.54, 1.807) is 0 Å². The van der Waals surface area contributed by atoms with Crippen LogP contribution in [0.15, 0.2) is 24.3 Å². The zero-order chi connectivity index (χ0) is 12.7. The van der Waals surface area contributed by atoms with Crippen LogP contribution in [0.1, 0.15) is 18.1 Å². The number of nitrogens with one attached hydrogen (secondary N) is 2. The van der Waals surface area contributed by atoms with Crippen molar-refractivity contribution in [1.29, 1.82) is 0 Å². The lowest BCUT2D eigenvalue weighted by Crippen LogP contribution is -2.37. The molecule has 0 unspecified atom stereocenters. The predicted octanol–water partition coefficient (Wildman–Crippen LogP) is 0.790. The Balaban J connectivity index is 2.40. The first-order chi connectivity index (χ1) is 8.13. The van der Waals surface area contributed by atoms with E-state index in [2.05, 4.69) is 10.6 Å². The summed E-state index contributed by atoms with van der Waals surface area (Å²) in [6.07, 6.45) is 0.312. The molecule has 1 rings (SSSR count). The lowest BCUT2D eigenvalue weighted by Gasteiger charge is -2.07. The summed E-state index contributed by atoms with van der Waals surface area (Å²) in [6.45, 7) is 4.42. The van der Waals surface area contributed by atoms with Crippen molar-refractivity contribution in [3.63, 3.8) is 0 Å². The molecule has 92 valence electrons. The fourth-order valence-electron chi connectivity index (χ4n) is 1.48. The van der Waals surface area contributed by atoms with Gasteiger partial charge in [-0.15, -0.1) is 0 Å². The standard InChI is InChI=1S/C13H18N2O2/c1-3-14-13(17)9-15-12(16)8-11-7-5-4-6-10(11)2/h4-7H,3,8-9H2,1-2H3,(H,14,17)(H,15,16). The van der Waals surface area contributed by atoms with Gasteiger partial charge in [0.15, 0.2) is 0 Å². The molecular weight excluding hydrogens is 216 g/mol. The smallest absolute Gasteiger partial charge is 0.239 e. The first-order valence-corrected chi connectivity index (χ1v) is 5.71. The maximum absolute atomic E-state index is 11.6. The van der Waals surface area contributed by atoms with E-state index in [-0.39, 0.29) is 18.4 Å². The molecule has 17 heavy (non-hydrogen) atoms. The molecule has 0 bridgehead atoms. The van der Waals surface area contributed by atoms with Crippen LogP contribution in [0.3, 0.4) is 0 Å². The third-order valence-electron chi connectivity index (χ3n) is 2.43. The molecule has 2 N–H and O–H groups in total. The number of amides is 2. The maximum atomic E-state index is 11.6. The molecule has 1 aromatic carbocycles. The number of aryl methyl sites for hydroxylation is 1. The Bertz CT molecular complexity index is 402. The van der Waals surface area contributed by atoms with Gasteiger partial charge in [-0.25, -0.2) is 0 Å². The number of hydrogen-bond donors (Lipinski definition) is 2. The molecular formula is C13H18N2O2. The minimum absolute atomic E-state index is 0.0402. The van der Waals surface area contributed by atoms with E-state index in [0.717, 1.165) is 11.1 Å². The fourth-order valence-corrected chi connectivity index (χ4v) is 1.48. The Labute approximate surface area is 101 Å². The average molecular weight is 234 g/mol. The lowest BCUT2D eigenvalue weighted by atomic mass is 10.1. The van der Waals surface area contributed by atoms with Crippen molar-refractivity contribution in [3.8, 4) is 0 Å². The molecule has 1 aromatic rings. The molecule has 0 fully saturated rings. The van der Waals surface area contributed by atoms with E-state index in [1.807, 2.05) is 38.1 Å². The molecule has 0 heterocycles. The molecule has 0 aromatic heterocycles. The van der Waals surface area contributed by atoms with Crippen LogP contribution in [0, 0.1) is 6.92 Å². The molecule has 0 aliphatic carbocycles. The van der Waals surface area contributed by atoms with Crippen LogP contribution >= 0.6 is 0 Å². The van der Waals surface area contributed by atoms with E-state index in [9.17, 15) is 9.59 Å². The van der Waals surface area contributed by atoms with Gasteiger partial charge in [0.05, 0.1) is 13.0 Å². The van der Waals surface area contributed by atoms with Crippen molar-refractivity contribution in [2.24, 2.45) is 0 Å². The van der Waals surface area contributed by atoms with Crippen molar-refractivity contribution in [2.75, 3.05) is 13.1 Å². The Kier molecular flexibility index (Phi) is 5.20. The first kappa shape index (κ1) is 13.2. The van der Waals surface area contributed by atoms with Crippen LogP contribution in [0.2, 0.25) is 0 Å². The largest absolute Gasteiger partial charge is 0.355 e. The summed E-state index contributed by atoms with van der Waals surface area (Å²) in [7, 11) is 0. The Hall–Kier alpha value is -1.84. The maximum Gasteiger partial charge on any atom is 0.239 e. The van der Waals surface area contributed by atoms with Crippen molar-refractivity contribution in [1.82, 2.24) is 10.6 Å². The predicted molar refractivity (Wildman–Crippen MR) is 66.6 cm³/mol. The van der Waals surface area contributed by atoms with Crippen molar-refractivity contribution >= 4 is 11.8 Å². The number of rotatable bonds is 5. The van der Waals surface area contributed by atoms with Crippen LogP contribution in [-0.2, 0) is 16.0 Å². The van der Waals surface area contributed by atoms with Gasteiger partial charge in [-0.1, -0.05) is 24.3 Å². The van der Waals surface area contributed by atoms with E-state index < -0.39 is 0 Å². The van der Waals surface area contributed by atoms with Gasteiger partial charge in [-0.3, -0.25) is 9.59 Å². The molecule has 0 saturated heterocycles. The molecule has 0 atom stereocenters. The van der Waals surface area contributed by atoms with E-state index in [4.69, 9.17) is 0 Å². The molecule has 0 aliphatic heterocycles. The zero-order valence-electron chi connectivity index (χ0n) is 10.2. The summed E-state index contributed by atoms with van der Waals surface area (Å²) >= 11 is 0. The van der Waals surface area contributed by atoms with Crippen LogP contribution in [0.4, 0.5) is 0 Å². The minimum atomic E-state index is -0.161. The number of carbonyl (C=O) groups excluding carboxylic acids is 2. The highest BCUT2D eigenvalue weighted by molar-refractivity contribution is 5.85. The van der Waals surface area contributed by atoms with Gasteiger partial charge >= 0.3 is 0 Å². The Morgan fingerprint density at radius 1 is 1.12 bits per heavy atom. The summed E-state index contributed by atoms with van der Waals surface area (Å²) in [5.41, 5.74) is 2.07. The van der Waals surface area contributed by atoms with Gasteiger partial charge in [-0.05, 0) is 25.0 Å². The van der Waals surface area contributed by atoms with Crippen molar-refractivity contribution < 1.29 is 9.59 Å². The van der Waals surface area contributed by atoms with Gasteiger partial charge in [-0.2, -0.15) is 0 Å². The monoisotopic (exact) mass is 234 g/mol. The molecule has 0 aliphatic rings.